The van der Waals surface area contributed by atoms with E-state index in [-0.39, 0.29) is 17.7 Å². The molecule has 2 N–H and O–H groups in total. The summed E-state index contributed by atoms with van der Waals surface area (Å²) in [4.78, 5) is 17.1. The number of fused-ring (bicyclic) bond motifs is 1. The minimum atomic E-state index is -0.362. The Balaban J connectivity index is 2.11. The molecule has 0 spiro atoms. The first kappa shape index (κ1) is 14.5. The molecule has 1 atom stereocenters. The van der Waals surface area contributed by atoms with Crippen molar-refractivity contribution in [3.63, 3.8) is 0 Å². The van der Waals surface area contributed by atoms with E-state index < -0.39 is 0 Å². The lowest BCUT2D eigenvalue weighted by Crippen LogP contribution is -2.28. The highest BCUT2D eigenvalue weighted by Crippen LogP contribution is 2.35. The van der Waals surface area contributed by atoms with E-state index in [1.165, 1.54) is 0 Å². The molecule has 5 heteroatoms. The second-order valence-electron chi connectivity index (χ2n) is 4.95. The van der Waals surface area contributed by atoms with Crippen LogP contribution in [-0.4, -0.2) is 16.0 Å². The fourth-order valence-electron chi connectivity index (χ4n) is 2.40. The van der Waals surface area contributed by atoms with Crippen molar-refractivity contribution in [1.29, 1.82) is 0 Å². The Hall–Kier alpha value is -2.40. The second kappa shape index (κ2) is 6.15. The number of phenols is 1. The number of thiophene rings is 1. The number of nitrogens with one attached hydrogen (secondary N) is 1. The van der Waals surface area contributed by atoms with Gasteiger partial charge in [0.2, 0.25) is 5.91 Å². The number of hydrogen-bond donors (Lipinski definition) is 2. The number of pyridine rings is 1. The van der Waals surface area contributed by atoms with Gasteiger partial charge in [-0.1, -0.05) is 31.2 Å². The number of phenolic OH excluding ortho intramolecular Hbond substituents is 1. The summed E-state index contributed by atoms with van der Waals surface area (Å²) in [5.41, 5.74) is 1.21. The highest BCUT2D eigenvalue weighted by molar-refractivity contribution is 7.10. The molecule has 4 nitrogen and oxygen atoms in total. The highest BCUT2D eigenvalue weighted by atomic mass is 32.1. The third-order valence-corrected chi connectivity index (χ3v) is 4.48. The van der Waals surface area contributed by atoms with Crippen molar-refractivity contribution in [3.05, 3.63) is 58.4 Å². The summed E-state index contributed by atoms with van der Waals surface area (Å²) in [6, 6.07) is 11.0. The molecule has 1 amide bonds. The normalized spacial score (nSPS) is 12.2. The first-order chi connectivity index (χ1) is 10.7. The van der Waals surface area contributed by atoms with Crippen molar-refractivity contribution in [2.75, 3.05) is 0 Å². The molecule has 22 heavy (non-hydrogen) atoms. The van der Waals surface area contributed by atoms with Gasteiger partial charge in [0.15, 0.2) is 0 Å². The average Bonchev–Trinajstić information content (AvgIpc) is 3.08. The Kier molecular flexibility index (Phi) is 4.06. The van der Waals surface area contributed by atoms with Gasteiger partial charge in [-0.25, -0.2) is 0 Å². The summed E-state index contributed by atoms with van der Waals surface area (Å²) >= 11 is 1.55. The zero-order chi connectivity index (χ0) is 15.5. The minimum Gasteiger partial charge on any atom is -0.505 e. The van der Waals surface area contributed by atoms with E-state index in [0.29, 0.717) is 17.5 Å². The van der Waals surface area contributed by atoms with E-state index in [9.17, 15) is 9.90 Å². The fraction of sp³-hybridized carbons (Fsp3) is 0.176. The van der Waals surface area contributed by atoms with Crippen LogP contribution in [0.2, 0.25) is 0 Å². The summed E-state index contributed by atoms with van der Waals surface area (Å²) in [6.45, 7) is 1.81. The largest absolute Gasteiger partial charge is 0.505 e. The predicted octanol–water partition coefficient (Wildman–Crippen LogP) is 3.62. The molecule has 0 fully saturated rings. The molecule has 0 saturated carbocycles. The van der Waals surface area contributed by atoms with Gasteiger partial charge in [-0.3, -0.25) is 9.78 Å². The lowest BCUT2D eigenvalue weighted by molar-refractivity contribution is -0.121. The van der Waals surface area contributed by atoms with Gasteiger partial charge in [-0.05, 0) is 17.5 Å². The van der Waals surface area contributed by atoms with Crippen LogP contribution >= 0.6 is 11.3 Å². The van der Waals surface area contributed by atoms with Gasteiger partial charge >= 0.3 is 0 Å². The fourth-order valence-corrected chi connectivity index (χ4v) is 3.19. The molecule has 3 aromatic rings. The van der Waals surface area contributed by atoms with Crippen molar-refractivity contribution in [2.24, 2.45) is 0 Å². The summed E-state index contributed by atoms with van der Waals surface area (Å²) in [5.74, 6) is 0.0619. The van der Waals surface area contributed by atoms with Gasteiger partial charge in [0.05, 0.1) is 6.04 Å². The number of carbonyl (C=O) groups is 1. The molecule has 112 valence electrons. The Morgan fingerprint density at radius 2 is 2.18 bits per heavy atom. The molecular formula is C17H16N2O2S. The number of aromatic hydroxyl groups is 1. The topological polar surface area (TPSA) is 62.2 Å². The van der Waals surface area contributed by atoms with E-state index in [1.54, 1.807) is 17.5 Å². The highest BCUT2D eigenvalue weighted by Gasteiger charge is 2.21. The van der Waals surface area contributed by atoms with Gasteiger partial charge < -0.3 is 10.4 Å². The number of aromatic nitrogens is 1. The van der Waals surface area contributed by atoms with Gasteiger partial charge in [0.1, 0.15) is 11.3 Å². The molecule has 0 bridgehead atoms. The van der Waals surface area contributed by atoms with E-state index in [0.717, 1.165) is 10.3 Å². The van der Waals surface area contributed by atoms with E-state index in [1.807, 2.05) is 48.7 Å². The molecule has 0 aliphatic carbocycles. The van der Waals surface area contributed by atoms with Crippen LogP contribution in [0.4, 0.5) is 0 Å². The van der Waals surface area contributed by atoms with Gasteiger partial charge in [-0.2, -0.15) is 0 Å². The smallest absolute Gasteiger partial charge is 0.220 e. The van der Waals surface area contributed by atoms with Crippen LogP contribution in [-0.2, 0) is 4.79 Å². The lowest BCUT2D eigenvalue weighted by atomic mass is 10.0. The number of benzene rings is 1. The third kappa shape index (κ3) is 2.67. The van der Waals surface area contributed by atoms with Gasteiger partial charge in [-0.15, -0.1) is 11.3 Å². The number of amides is 1. The monoisotopic (exact) mass is 312 g/mol. The second-order valence-corrected chi connectivity index (χ2v) is 5.93. The molecule has 1 aromatic carbocycles. The standard InChI is InChI=1S/C17H16N2O2S/c1-2-14(20)19-16(13-6-4-10-22-13)12-8-7-11-5-3-9-18-15(11)17(12)21/h3-10,16,21H,2H2,1H3,(H,19,20)/t16-/m1/s1. The van der Waals surface area contributed by atoms with Crippen molar-refractivity contribution in [2.45, 2.75) is 19.4 Å². The Bertz CT molecular complexity index is 800. The van der Waals surface area contributed by atoms with Gasteiger partial charge in [0.25, 0.3) is 0 Å². The maximum atomic E-state index is 11.9. The van der Waals surface area contributed by atoms with Crippen molar-refractivity contribution in [3.8, 4) is 5.75 Å². The lowest BCUT2D eigenvalue weighted by Gasteiger charge is -2.19. The van der Waals surface area contributed by atoms with Crippen LogP contribution in [0.1, 0.15) is 29.8 Å². The molecule has 2 aromatic heterocycles. The quantitative estimate of drug-likeness (QED) is 0.773. The summed E-state index contributed by atoms with van der Waals surface area (Å²) in [5, 5.41) is 16.4. The predicted molar refractivity (Wildman–Crippen MR) is 88.0 cm³/mol. The van der Waals surface area contributed by atoms with Crippen molar-refractivity contribution < 1.29 is 9.90 Å². The van der Waals surface area contributed by atoms with E-state index in [4.69, 9.17) is 0 Å². The average molecular weight is 312 g/mol. The molecule has 0 saturated heterocycles. The Morgan fingerprint density at radius 3 is 2.91 bits per heavy atom. The van der Waals surface area contributed by atoms with Crippen LogP contribution < -0.4 is 5.32 Å². The SMILES string of the molecule is CCC(=O)N[C@@H](c1cccs1)c1ccc2cccnc2c1O. The third-order valence-electron chi connectivity index (χ3n) is 3.54. The first-order valence-corrected chi connectivity index (χ1v) is 7.98. The first-order valence-electron chi connectivity index (χ1n) is 7.10. The maximum absolute atomic E-state index is 11.9. The zero-order valence-corrected chi connectivity index (χ0v) is 12.9. The molecule has 0 aliphatic rings. The minimum absolute atomic E-state index is 0.0566. The molecule has 2 heterocycles. The number of carbonyl (C=O) groups excluding carboxylic acids is 1. The van der Waals surface area contributed by atoms with E-state index >= 15 is 0 Å². The number of hydrogen-bond acceptors (Lipinski definition) is 4. The molecule has 0 aliphatic heterocycles. The molecular weight excluding hydrogens is 296 g/mol. The summed E-state index contributed by atoms with van der Waals surface area (Å²) in [6.07, 6.45) is 2.05. The molecule has 0 unspecified atom stereocenters. The van der Waals surface area contributed by atoms with Crippen LogP contribution in [0.25, 0.3) is 10.9 Å². The van der Waals surface area contributed by atoms with Crippen molar-refractivity contribution >= 4 is 28.1 Å². The molecule has 3 rings (SSSR count). The van der Waals surface area contributed by atoms with Crippen LogP contribution in [0.15, 0.2) is 48.0 Å². The Morgan fingerprint density at radius 1 is 1.32 bits per heavy atom. The van der Waals surface area contributed by atoms with Crippen LogP contribution in [0.5, 0.6) is 5.75 Å². The number of rotatable bonds is 4. The molecule has 0 radical (unpaired) electrons. The Labute approximate surface area is 132 Å². The zero-order valence-electron chi connectivity index (χ0n) is 12.1. The number of nitrogens with zero attached hydrogens (tertiary/aromatic N) is 1. The van der Waals surface area contributed by atoms with Crippen LogP contribution in [0.3, 0.4) is 0 Å². The summed E-state index contributed by atoms with van der Waals surface area (Å²) in [7, 11) is 0. The van der Waals surface area contributed by atoms with Gasteiger partial charge in [0, 0.05) is 28.4 Å². The summed E-state index contributed by atoms with van der Waals surface area (Å²) < 4.78 is 0. The van der Waals surface area contributed by atoms with Crippen LogP contribution in [0, 0.1) is 0 Å². The van der Waals surface area contributed by atoms with E-state index in [2.05, 4.69) is 10.3 Å². The maximum Gasteiger partial charge on any atom is 0.220 e. The van der Waals surface area contributed by atoms with Crippen molar-refractivity contribution in [1.82, 2.24) is 10.3 Å².